The van der Waals surface area contributed by atoms with Crippen LogP contribution in [0.3, 0.4) is 0 Å². The van der Waals surface area contributed by atoms with Crippen molar-refractivity contribution in [3.63, 3.8) is 0 Å². The number of para-hydroxylation sites is 1. The molecule has 0 unspecified atom stereocenters. The second kappa shape index (κ2) is 8.09. The first-order valence-corrected chi connectivity index (χ1v) is 7.58. The highest BCUT2D eigenvalue weighted by molar-refractivity contribution is 8.19. The number of methoxy groups -OCH3 is 1. The third-order valence-electron chi connectivity index (χ3n) is 2.76. The molecule has 0 radical (unpaired) electrons. The van der Waals surface area contributed by atoms with E-state index in [1.54, 1.807) is 18.2 Å². The second-order valence-electron chi connectivity index (χ2n) is 4.28. The topological polar surface area (TPSA) is 71.3 Å². The number of carbonyl (C=O) groups is 2. The summed E-state index contributed by atoms with van der Waals surface area (Å²) in [4.78, 5) is 25.6. The Bertz CT molecular complexity index is 709. The number of benzene rings is 1. The number of ether oxygens (including phenoxy) is 1. The second-order valence-corrected chi connectivity index (χ2v) is 5.29. The molecule has 1 fully saturated rings. The van der Waals surface area contributed by atoms with E-state index < -0.39 is 5.97 Å². The average Bonchev–Trinajstić information content (AvgIpc) is 2.88. The molecule has 0 spiro atoms. The van der Waals surface area contributed by atoms with E-state index in [2.05, 4.69) is 14.9 Å². The predicted octanol–water partition coefficient (Wildman–Crippen LogP) is 2.74. The Labute approximate surface area is 138 Å². The summed E-state index contributed by atoms with van der Waals surface area (Å²) in [6.07, 6.45) is 6.21. The molecule has 1 aromatic rings. The summed E-state index contributed by atoms with van der Waals surface area (Å²) in [5.74, 6) is -0.931. The van der Waals surface area contributed by atoms with Crippen LogP contribution in [0.2, 0.25) is 0 Å². The van der Waals surface area contributed by atoms with Crippen molar-refractivity contribution in [3.05, 3.63) is 53.5 Å². The van der Waals surface area contributed by atoms with Crippen molar-refractivity contribution in [1.82, 2.24) is 0 Å². The highest BCUT2D eigenvalue weighted by Gasteiger charge is 2.35. The van der Waals surface area contributed by atoms with E-state index in [0.717, 1.165) is 17.8 Å². The van der Waals surface area contributed by atoms with Gasteiger partial charge in [0.05, 0.1) is 17.7 Å². The van der Waals surface area contributed by atoms with Gasteiger partial charge in [-0.25, -0.2) is 4.79 Å². The molecule has 1 heterocycles. The number of rotatable bonds is 4. The maximum Gasteiger partial charge on any atom is 0.331 e. The van der Waals surface area contributed by atoms with Gasteiger partial charge in [0.15, 0.2) is 0 Å². The van der Waals surface area contributed by atoms with E-state index in [9.17, 15) is 9.59 Å². The normalized spacial score (nSPS) is 18.7. The molecule has 1 aliphatic heterocycles. The van der Waals surface area contributed by atoms with Crippen LogP contribution in [0.15, 0.2) is 63.7 Å². The van der Waals surface area contributed by atoms with E-state index >= 15 is 0 Å². The van der Waals surface area contributed by atoms with Gasteiger partial charge < -0.3 is 4.74 Å². The van der Waals surface area contributed by atoms with Crippen molar-refractivity contribution in [2.24, 2.45) is 10.2 Å². The standard InChI is InChI=1S/C16H15N3O3S/c1-3-4-10-17-18-16-19(12-8-6-5-7-9-12)15(21)13(23-16)11-14(20)22-2/h3-11H,1-2H3/b4-3+,13-11-,17-10+,18-16-. The van der Waals surface area contributed by atoms with E-state index in [0.29, 0.717) is 10.9 Å². The molecule has 1 aliphatic rings. The predicted molar refractivity (Wildman–Crippen MR) is 92.4 cm³/mol. The van der Waals surface area contributed by atoms with Crippen molar-refractivity contribution in [1.29, 1.82) is 0 Å². The van der Waals surface area contributed by atoms with Crippen LogP contribution < -0.4 is 4.90 Å². The molecule has 7 heteroatoms. The number of hydrogen-bond donors (Lipinski definition) is 0. The van der Waals surface area contributed by atoms with Crippen LogP contribution >= 0.6 is 11.8 Å². The Balaban J connectivity index is 2.39. The Hall–Kier alpha value is -2.67. The van der Waals surface area contributed by atoms with Gasteiger partial charge in [-0.15, -0.1) is 5.10 Å². The zero-order chi connectivity index (χ0) is 16.7. The summed E-state index contributed by atoms with van der Waals surface area (Å²) >= 11 is 1.07. The van der Waals surface area contributed by atoms with Crippen molar-refractivity contribution in [2.75, 3.05) is 12.0 Å². The summed E-state index contributed by atoms with van der Waals surface area (Å²) in [5, 5.41) is 8.34. The van der Waals surface area contributed by atoms with Gasteiger partial charge in [-0.05, 0) is 36.9 Å². The summed E-state index contributed by atoms with van der Waals surface area (Å²) in [5.41, 5.74) is 0.651. The minimum atomic E-state index is -0.590. The Kier molecular flexibility index (Phi) is 5.87. The van der Waals surface area contributed by atoms with Crippen molar-refractivity contribution in [3.8, 4) is 0 Å². The minimum Gasteiger partial charge on any atom is -0.466 e. The largest absolute Gasteiger partial charge is 0.466 e. The molecule has 23 heavy (non-hydrogen) atoms. The maximum absolute atomic E-state index is 12.5. The maximum atomic E-state index is 12.5. The number of nitrogens with zero attached hydrogens (tertiary/aromatic N) is 3. The third kappa shape index (κ3) is 4.17. The fourth-order valence-electron chi connectivity index (χ4n) is 1.72. The van der Waals surface area contributed by atoms with Crippen LogP contribution in [-0.4, -0.2) is 30.4 Å². The van der Waals surface area contributed by atoms with Gasteiger partial charge in [-0.3, -0.25) is 9.69 Å². The average molecular weight is 329 g/mol. The van der Waals surface area contributed by atoms with Gasteiger partial charge >= 0.3 is 5.97 Å². The van der Waals surface area contributed by atoms with Crippen LogP contribution in [0.5, 0.6) is 0 Å². The minimum absolute atomic E-state index is 0.237. The van der Waals surface area contributed by atoms with Crippen molar-refractivity contribution >= 4 is 40.7 Å². The van der Waals surface area contributed by atoms with Crippen LogP contribution in [0.4, 0.5) is 5.69 Å². The number of amidine groups is 1. The first-order valence-electron chi connectivity index (χ1n) is 6.76. The fourth-order valence-corrected chi connectivity index (χ4v) is 2.62. The number of esters is 1. The van der Waals surface area contributed by atoms with Gasteiger partial charge in [0.1, 0.15) is 0 Å². The molecule has 0 N–H and O–H groups in total. The van der Waals surface area contributed by atoms with Gasteiger partial charge in [0.25, 0.3) is 5.91 Å². The molecular weight excluding hydrogens is 314 g/mol. The monoisotopic (exact) mass is 329 g/mol. The molecule has 0 atom stereocenters. The van der Waals surface area contributed by atoms with Crippen LogP contribution in [0.25, 0.3) is 0 Å². The van der Waals surface area contributed by atoms with Gasteiger partial charge in [-0.1, -0.05) is 24.3 Å². The number of hydrogen-bond acceptors (Lipinski definition) is 6. The Morgan fingerprint density at radius 3 is 2.70 bits per heavy atom. The molecule has 6 nitrogen and oxygen atoms in total. The fraction of sp³-hybridized carbons (Fsp3) is 0.125. The highest BCUT2D eigenvalue weighted by Crippen LogP contribution is 2.34. The van der Waals surface area contributed by atoms with E-state index in [1.807, 2.05) is 31.2 Å². The summed E-state index contributed by atoms with van der Waals surface area (Å²) in [6.45, 7) is 1.86. The smallest absolute Gasteiger partial charge is 0.331 e. The third-order valence-corrected chi connectivity index (χ3v) is 3.72. The van der Waals surface area contributed by atoms with Crippen molar-refractivity contribution < 1.29 is 14.3 Å². The molecule has 1 amide bonds. The highest BCUT2D eigenvalue weighted by atomic mass is 32.2. The van der Waals surface area contributed by atoms with E-state index in [-0.39, 0.29) is 10.8 Å². The van der Waals surface area contributed by atoms with Gasteiger partial charge in [0, 0.05) is 12.3 Å². The molecule has 0 aromatic heterocycles. The number of allylic oxidation sites excluding steroid dienone is 2. The molecule has 118 valence electrons. The lowest BCUT2D eigenvalue weighted by molar-refractivity contribution is -0.135. The molecule has 1 saturated heterocycles. The first-order chi connectivity index (χ1) is 11.2. The zero-order valence-electron chi connectivity index (χ0n) is 12.7. The number of carbonyl (C=O) groups excluding carboxylic acids is 2. The van der Waals surface area contributed by atoms with Crippen LogP contribution in [0, 0.1) is 0 Å². The molecule has 2 rings (SSSR count). The summed E-state index contributed by atoms with van der Waals surface area (Å²) < 4.78 is 4.57. The Morgan fingerprint density at radius 2 is 2.04 bits per heavy atom. The molecule has 0 bridgehead atoms. The SMILES string of the molecule is C/C=C/C=N/N=C1\S/C(=C\C(=O)OC)C(=O)N1c1ccccc1. The summed E-state index contributed by atoms with van der Waals surface area (Å²) in [6, 6.07) is 9.05. The number of thioether (sulfide) groups is 1. The van der Waals surface area contributed by atoms with Gasteiger partial charge in [-0.2, -0.15) is 5.10 Å². The van der Waals surface area contributed by atoms with Gasteiger partial charge in [0.2, 0.25) is 5.17 Å². The van der Waals surface area contributed by atoms with E-state index in [4.69, 9.17) is 0 Å². The molecule has 1 aromatic carbocycles. The lowest BCUT2D eigenvalue weighted by Gasteiger charge is -2.14. The molecule has 0 aliphatic carbocycles. The van der Waals surface area contributed by atoms with Crippen LogP contribution in [0.1, 0.15) is 6.92 Å². The number of anilines is 1. The van der Waals surface area contributed by atoms with Crippen molar-refractivity contribution in [2.45, 2.75) is 6.92 Å². The van der Waals surface area contributed by atoms with Crippen LogP contribution in [-0.2, 0) is 14.3 Å². The first kappa shape index (κ1) is 16.7. The lowest BCUT2D eigenvalue weighted by atomic mass is 10.3. The lowest BCUT2D eigenvalue weighted by Crippen LogP contribution is -2.28. The molecular formula is C16H15N3O3S. The van der Waals surface area contributed by atoms with E-state index in [1.165, 1.54) is 18.2 Å². The Morgan fingerprint density at radius 1 is 1.30 bits per heavy atom. The molecule has 0 saturated carbocycles. The zero-order valence-corrected chi connectivity index (χ0v) is 13.5. The number of amides is 1. The summed E-state index contributed by atoms with van der Waals surface area (Å²) in [7, 11) is 1.26. The quantitative estimate of drug-likeness (QED) is 0.368.